The normalized spacial score (nSPS) is 12.5. The molecule has 2 nitrogen and oxygen atoms in total. The van der Waals surface area contributed by atoms with Gasteiger partial charge in [-0.1, -0.05) is 23.7 Å². The first kappa shape index (κ1) is 14.7. The highest BCUT2D eigenvalue weighted by molar-refractivity contribution is 14.1. The number of benzene rings is 2. The lowest BCUT2D eigenvalue weighted by atomic mass is 9.95. The molecule has 0 aliphatic rings. The van der Waals surface area contributed by atoms with Gasteiger partial charge in [0.2, 0.25) is 0 Å². The van der Waals surface area contributed by atoms with Gasteiger partial charge in [0.25, 0.3) is 0 Å². The Bertz CT molecular complexity index is 604. The van der Waals surface area contributed by atoms with Crippen LogP contribution in [0.3, 0.4) is 0 Å². The first-order valence-corrected chi connectivity index (χ1v) is 7.15. The van der Waals surface area contributed by atoms with Gasteiger partial charge < -0.3 is 0 Å². The summed E-state index contributed by atoms with van der Waals surface area (Å²) in [6.45, 7) is 1.92. The Morgan fingerprint density at radius 3 is 2.63 bits per heavy atom. The van der Waals surface area contributed by atoms with Gasteiger partial charge in [0.15, 0.2) is 0 Å². The van der Waals surface area contributed by atoms with E-state index in [-0.39, 0.29) is 11.9 Å². The van der Waals surface area contributed by atoms with Crippen LogP contribution >= 0.6 is 34.2 Å². The number of hydrazine groups is 1. The van der Waals surface area contributed by atoms with Crippen LogP contribution in [0.2, 0.25) is 5.02 Å². The lowest BCUT2D eigenvalue weighted by Gasteiger charge is -2.19. The Morgan fingerprint density at radius 2 is 2.00 bits per heavy atom. The molecule has 0 aliphatic carbocycles. The monoisotopic (exact) mass is 390 g/mol. The largest absolute Gasteiger partial charge is 0.271 e. The second kappa shape index (κ2) is 6.17. The van der Waals surface area contributed by atoms with E-state index >= 15 is 0 Å². The van der Waals surface area contributed by atoms with Crippen molar-refractivity contribution < 1.29 is 4.39 Å². The molecule has 1 atom stereocenters. The first-order valence-electron chi connectivity index (χ1n) is 5.70. The van der Waals surface area contributed by atoms with Gasteiger partial charge in [-0.2, -0.15) is 0 Å². The van der Waals surface area contributed by atoms with Gasteiger partial charge in [-0.3, -0.25) is 5.84 Å². The van der Waals surface area contributed by atoms with E-state index in [0.717, 1.165) is 20.3 Å². The van der Waals surface area contributed by atoms with Crippen LogP contribution in [0.5, 0.6) is 0 Å². The fraction of sp³-hybridized carbons (Fsp3) is 0.143. The zero-order valence-corrected chi connectivity index (χ0v) is 13.2. The fourth-order valence-corrected chi connectivity index (χ4v) is 2.50. The predicted octanol–water partition coefficient (Wildman–Crippen LogP) is 3.94. The van der Waals surface area contributed by atoms with Crippen LogP contribution in [0.1, 0.15) is 22.7 Å². The van der Waals surface area contributed by atoms with Crippen molar-refractivity contribution in [3.8, 4) is 0 Å². The molecule has 5 heteroatoms. The summed E-state index contributed by atoms with van der Waals surface area (Å²) in [7, 11) is 0. The highest BCUT2D eigenvalue weighted by Crippen LogP contribution is 2.28. The average Bonchev–Trinajstić information content (AvgIpc) is 2.38. The highest BCUT2D eigenvalue weighted by atomic mass is 127. The minimum absolute atomic E-state index is 0.280. The lowest BCUT2D eigenvalue weighted by Crippen LogP contribution is -2.29. The third kappa shape index (κ3) is 3.25. The Balaban J connectivity index is 2.49. The minimum atomic E-state index is -0.287. The lowest BCUT2D eigenvalue weighted by molar-refractivity contribution is 0.603. The van der Waals surface area contributed by atoms with Crippen molar-refractivity contribution in [1.29, 1.82) is 0 Å². The van der Waals surface area contributed by atoms with Crippen molar-refractivity contribution in [2.45, 2.75) is 13.0 Å². The summed E-state index contributed by atoms with van der Waals surface area (Å²) in [5.74, 6) is 5.35. The van der Waals surface area contributed by atoms with Crippen molar-refractivity contribution in [1.82, 2.24) is 5.43 Å². The van der Waals surface area contributed by atoms with Crippen LogP contribution in [0.15, 0.2) is 36.4 Å². The van der Waals surface area contributed by atoms with Gasteiger partial charge in [0.05, 0.1) is 11.1 Å². The maximum Gasteiger partial charge on any atom is 0.123 e. The smallest absolute Gasteiger partial charge is 0.123 e. The molecule has 0 aliphatic heterocycles. The molecule has 0 fully saturated rings. The second-order valence-electron chi connectivity index (χ2n) is 4.27. The molecule has 0 saturated carbocycles. The van der Waals surface area contributed by atoms with Crippen molar-refractivity contribution in [2.75, 3.05) is 0 Å². The molecular weight excluding hydrogens is 378 g/mol. The zero-order valence-electron chi connectivity index (χ0n) is 10.3. The maximum atomic E-state index is 13.4. The van der Waals surface area contributed by atoms with Crippen molar-refractivity contribution in [3.63, 3.8) is 0 Å². The van der Waals surface area contributed by atoms with Crippen molar-refractivity contribution >= 4 is 34.2 Å². The van der Waals surface area contributed by atoms with Crippen LogP contribution < -0.4 is 11.3 Å². The molecule has 1 unspecified atom stereocenters. The number of aryl methyl sites for hydroxylation is 1. The summed E-state index contributed by atoms with van der Waals surface area (Å²) < 4.78 is 14.4. The number of rotatable bonds is 3. The van der Waals surface area contributed by atoms with E-state index in [2.05, 4.69) is 28.0 Å². The van der Waals surface area contributed by atoms with E-state index in [9.17, 15) is 4.39 Å². The summed E-state index contributed by atoms with van der Waals surface area (Å²) >= 11 is 8.28. The van der Waals surface area contributed by atoms with Gasteiger partial charge in [0, 0.05) is 3.57 Å². The van der Waals surface area contributed by atoms with Gasteiger partial charge >= 0.3 is 0 Å². The Labute approximate surface area is 130 Å². The second-order valence-corrected chi connectivity index (χ2v) is 5.84. The van der Waals surface area contributed by atoms with Crippen LogP contribution in [0, 0.1) is 16.3 Å². The number of nitrogens with two attached hydrogens (primary N) is 1. The molecule has 2 aromatic rings. The first-order chi connectivity index (χ1) is 9.02. The number of halogens is 3. The van der Waals surface area contributed by atoms with E-state index in [4.69, 9.17) is 17.4 Å². The standard InChI is InChI=1S/C14H13ClFIN2/c1-8-2-4-10(16)7-11(8)14(19-18)9-3-5-13(17)12(15)6-9/h2-7,14,19H,18H2,1H3. The van der Waals surface area contributed by atoms with Crippen LogP contribution in [-0.4, -0.2) is 0 Å². The SMILES string of the molecule is Cc1ccc(F)cc1C(NN)c1ccc(I)c(Cl)c1. The van der Waals surface area contributed by atoms with E-state index in [1.807, 2.05) is 25.1 Å². The van der Waals surface area contributed by atoms with Gasteiger partial charge in [-0.15, -0.1) is 0 Å². The van der Waals surface area contributed by atoms with Crippen LogP contribution in [0.4, 0.5) is 4.39 Å². The third-order valence-electron chi connectivity index (χ3n) is 3.00. The summed E-state index contributed by atoms with van der Waals surface area (Å²) in [4.78, 5) is 0. The zero-order chi connectivity index (χ0) is 14.0. The average molecular weight is 391 g/mol. The van der Waals surface area contributed by atoms with Gasteiger partial charge in [-0.05, 0) is 70.5 Å². The van der Waals surface area contributed by atoms with Gasteiger partial charge in [-0.25, -0.2) is 9.82 Å². The van der Waals surface area contributed by atoms with Gasteiger partial charge in [0.1, 0.15) is 5.82 Å². The molecule has 0 heterocycles. The Hall–Kier alpha value is -0.690. The maximum absolute atomic E-state index is 13.4. The molecule has 0 saturated heterocycles. The topological polar surface area (TPSA) is 38.0 Å². The third-order valence-corrected chi connectivity index (χ3v) is 4.57. The molecule has 2 aromatic carbocycles. The molecule has 0 bridgehead atoms. The summed E-state index contributed by atoms with van der Waals surface area (Å²) in [5.41, 5.74) is 5.40. The van der Waals surface area contributed by atoms with Crippen LogP contribution in [0.25, 0.3) is 0 Å². The number of nitrogens with one attached hydrogen (secondary N) is 1. The predicted molar refractivity (Wildman–Crippen MR) is 84.5 cm³/mol. The quantitative estimate of drug-likeness (QED) is 0.473. The fourth-order valence-electron chi connectivity index (χ4n) is 1.98. The number of hydrogen-bond acceptors (Lipinski definition) is 2. The molecule has 0 aromatic heterocycles. The summed E-state index contributed by atoms with van der Waals surface area (Å²) in [6.07, 6.45) is 0. The molecule has 100 valence electrons. The van der Waals surface area contributed by atoms with Crippen molar-refractivity contribution in [3.05, 3.63) is 67.5 Å². The molecular formula is C14H13ClFIN2. The molecule has 0 radical (unpaired) electrons. The Kier molecular flexibility index (Phi) is 4.78. The molecule has 0 spiro atoms. The van der Waals surface area contributed by atoms with Crippen LogP contribution in [-0.2, 0) is 0 Å². The minimum Gasteiger partial charge on any atom is -0.271 e. The van der Waals surface area contributed by atoms with E-state index in [1.165, 1.54) is 12.1 Å². The number of hydrogen-bond donors (Lipinski definition) is 2. The molecule has 0 amide bonds. The molecule has 3 N–H and O–H groups in total. The summed E-state index contributed by atoms with van der Waals surface area (Å²) in [6, 6.07) is 10.1. The molecule has 19 heavy (non-hydrogen) atoms. The van der Waals surface area contributed by atoms with Crippen molar-refractivity contribution in [2.24, 2.45) is 5.84 Å². The summed E-state index contributed by atoms with van der Waals surface area (Å²) in [5, 5.41) is 0.660. The highest BCUT2D eigenvalue weighted by Gasteiger charge is 2.16. The van der Waals surface area contributed by atoms with E-state index in [0.29, 0.717) is 5.02 Å². The van der Waals surface area contributed by atoms with E-state index in [1.54, 1.807) is 6.07 Å². The Morgan fingerprint density at radius 1 is 1.26 bits per heavy atom. The molecule has 2 rings (SSSR count). The van der Waals surface area contributed by atoms with E-state index < -0.39 is 0 Å².